The number of benzene rings is 2. The molecule has 4 nitrogen and oxygen atoms in total. The Morgan fingerprint density at radius 2 is 1.74 bits per heavy atom. The molecule has 31 heavy (non-hydrogen) atoms. The molecule has 0 atom stereocenters. The molecule has 7 heteroatoms. The third-order valence-corrected chi connectivity index (χ3v) is 7.05. The summed E-state index contributed by atoms with van der Waals surface area (Å²) in [7, 11) is 0. The highest BCUT2D eigenvalue weighted by atomic mass is 19.4. The van der Waals surface area contributed by atoms with Gasteiger partial charge in [-0.25, -0.2) is 0 Å². The number of anilines is 2. The van der Waals surface area contributed by atoms with Crippen molar-refractivity contribution in [2.24, 2.45) is 5.92 Å². The van der Waals surface area contributed by atoms with Gasteiger partial charge in [-0.15, -0.1) is 0 Å². The molecule has 1 saturated carbocycles. The first-order chi connectivity index (χ1) is 14.9. The molecule has 2 fully saturated rings. The molecule has 0 unspecified atom stereocenters. The van der Waals surface area contributed by atoms with Gasteiger partial charge in [0.05, 0.1) is 12.1 Å². The molecule has 0 bridgehead atoms. The normalized spacial score (nSPS) is 20.4. The number of alkyl halides is 3. The molecule has 1 amide bonds. The predicted octanol–water partition coefficient (Wildman–Crippen LogP) is 5.06. The highest BCUT2D eigenvalue weighted by molar-refractivity contribution is 6.26. The Balaban J connectivity index is 1.40. The van der Waals surface area contributed by atoms with Gasteiger partial charge in [0, 0.05) is 54.7 Å². The van der Waals surface area contributed by atoms with Gasteiger partial charge in [-0.1, -0.05) is 18.6 Å². The molecular formula is C24H28F3N3O. The fourth-order valence-electron chi connectivity index (χ4n) is 5.20. The van der Waals surface area contributed by atoms with Crippen LogP contribution in [-0.4, -0.2) is 56.3 Å². The Bertz CT molecular complexity index is 986. The molecule has 3 aliphatic rings. The monoisotopic (exact) mass is 431 g/mol. The quantitative estimate of drug-likeness (QED) is 0.662. The molecule has 2 aliphatic heterocycles. The maximum absolute atomic E-state index is 12.9. The van der Waals surface area contributed by atoms with Crippen molar-refractivity contribution in [2.45, 2.75) is 38.3 Å². The van der Waals surface area contributed by atoms with E-state index in [-0.39, 0.29) is 12.5 Å². The van der Waals surface area contributed by atoms with Crippen LogP contribution in [0.5, 0.6) is 0 Å². The van der Waals surface area contributed by atoms with Crippen LogP contribution in [0.2, 0.25) is 0 Å². The SMILES string of the molecule is O=C1c2cccc3c(N4CCCN(CC5CCC5)CC4)ccc(c23)N1CCC(F)(F)F. The highest BCUT2D eigenvalue weighted by Crippen LogP contribution is 2.42. The molecule has 5 rings (SSSR count). The third-order valence-electron chi connectivity index (χ3n) is 7.05. The highest BCUT2D eigenvalue weighted by Gasteiger charge is 2.35. The first-order valence-corrected chi connectivity index (χ1v) is 11.3. The molecule has 2 heterocycles. The van der Waals surface area contributed by atoms with E-state index < -0.39 is 12.6 Å². The number of amides is 1. The van der Waals surface area contributed by atoms with Crippen LogP contribution in [0.3, 0.4) is 0 Å². The lowest BCUT2D eigenvalue weighted by Crippen LogP contribution is -2.35. The predicted molar refractivity (Wildman–Crippen MR) is 117 cm³/mol. The summed E-state index contributed by atoms with van der Waals surface area (Å²) in [5, 5.41) is 1.76. The van der Waals surface area contributed by atoms with Crippen LogP contribution in [0.1, 0.15) is 42.5 Å². The van der Waals surface area contributed by atoms with Crippen molar-refractivity contribution in [1.29, 1.82) is 0 Å². The van der Waals surface area contributed by atoms with Gasteiger partial charge in [0.15, 0.2) is 0 Å². The zero-order chi connectivity index (χ0) is 21.6. The van der Waals surface area contributed by atoms with E-state index in [1.165, 1.54) is 30.7 Å². The summed E-state index contributed by atoms with van der Waals surface area (Å²) in [5.74, 6) is 0.529. The zero-order valence-electron chi connectivity index (χ0n) is 17.6. The largest absolute Gasteiger partial charge is 0.390 e. The standard InChI is InChI=1S/C24H28F3N3O/c25-24(26,27)10-13-30-21-9-8-20(18-6-2-7-19(22(18)21)23(30)31)29-12-3-11-28(14-15-29)16-17-4-1-5-17/h2,6-9,17H,1,3-5,10-16H2. The molecule has 2 aromatic carbocycles. The number of rotatable bonds is 5. The van der Waals surface area contributed by atoms with Gasteiger partial charge in [0.2, 0.25) is 0 Å². The number of hydrogen-bond acceptors (Lipinski definition) is 3. The van der Waals surface area contributed by atoms with Crippen molar-refractivity contribution >= 4 is 28.1 Å². The number of carbonyl (C=O) groups is 1. The van der Waals surface area contributed by atoms with Crippen LogP contribution in [-0.2, 0) is 0 Å². The van der Waals surface area contributed by atoms with Crippen LogP contribution in [0.25, 0.3) is 10.8 Å². The number of nitrogens with zero attached hydrogens (tertiary/aromatic N) is 3. The van der Waals surface area contributed by atoms with E-state index >= 15 is 0 Å². The van der Waals surface area contributed by atoms with Crippen LogP contribution in [0.4, 0.5) is 24.5 Å². The summed E-state index contributed by atoms with van der Waals surface area (Å²) >= 11 is 0. The second-order valence-corrected chi connectivity index (χ2v) is 9.09. The van der Waals surface area contributed by atoms with Gasteiger partial charge in [0.25, 0.3) is 5.91 Å². The minimum atomic E-state index is -4.29. The van der Waals surface area contributed by atoms with E-state index in [1.807, 2.05) is 24.3 Å². The fourth-order valence-corrected chi connectivity index (χ4v) is 5.20. The van der Waals surface area contributed by atoms with Crippen LogP contribution in [0.15, 0.2) is 30.3 Å². The second kappa shape index (κ2) is 8.01. The maximum Gasteiger partial charge on any atom is 0.390 e. The Labute approximate surface area is 180 Å². The molecule has 1 aliphatic carbocycles. The zero-order valence-corrected chi connectivity index (χ0v) is 17.6. The average molecular weight is 432 g/mol. The number of carbonyl (C=O) groups excluding carboxylic acids is 1. The van der Waals surface area contributed by atoms with E-state index in [0.717, 1.165) is 55.0 Å². The van der Waals surface area contributed by atoms with Gasteiger partial charge >= 0.3 is 6.18 Å². The fraction of sp³-hybridized carbons (Fsp3) is 0.542. The molecule has 0 radical (unpaired) electrons. The number of hydrogen-bond donors (Lipinski definition) is 0. The first kappa shape index (κ1) is 20.6. The van der Waals surface area contributed by atoms with E-state index in [2.05, 4.69) is 9.80 Å². The Kier molecular flexibility index (Phi) is 5.32. The minimum absolute atomic E-state index is 0.329. The Morgan fingerprint density at radius 3 is 2.48 bits per heavy atom. The van der Waals surface area contributed by atoms with Gasteiger partial charge in [-0.3, -0.25) is 4.79 Å². The first-order valence-electron chi connectivity index (χ1n) is 11.3. The molecule has 2 aromatic rings. The minimum Gasteiger partial charge on any atom is -0.370 e. The van der Waals surface area contributed by atoms with E-state index in [9.17, 15) is 18.0 Å². The van der Waals surface area contributed by atoms with Crippen molar-refractivity contribution in [2.75, 3.05) is 49.1 Å². The summed E-state index contributed by atoms with van der Waals surface area (Å²) in [4.78, 5) is 19.1. The van der Waals surface area contributed by atoms with E-state index in [1.54, 1.807) is 6.07 Å². The molecule has 0 aromatic heterocycles. The smallest absolute Gasteiger partial charge is 0.370 e. The van der Waals surface area contributed by atoms with Crippen LogP contribution in [0, 0.1) is 5.92 Å². The topological polar surface area (TPSA) is 26.8 Å². The molecule has 1 saturated heterocycles. The second-order valence-electron chi connectivity index (χ2n) is 9.09. The average Bonchev–Trinajstić information content (AvgIpc) is 2.85. The molecule has 166 valence electrons. The lowest BCUT2D eigenvalue weighted by atomic mass is 9.85. The summed E-state index contributed by atoms with van der Waals surface area (Å²) in [6, 6.07) is 9.39. The molecular weight excluding hydrogens is 403 g/mol. The van der Waals surface area contributed by atoms with Crippen molar-refractivity contribution in [3.8, 4) is 0 Å². The maximum atomic E-state index is 12.9. The van der Waals surface area contributed by atoms with E-state index in [0.29, 0.717) is 11.3 Å². The van der Waals surface area contributed by atoms with Crippen LogP contribution < -0.4 is 9.80 Å². The Hall–Kier alpha value is -2.28. The van der Waals surface area contributed by atoms with Crippen molar-refractivity contribution in [3.63, 3.8) is 0 Å². The Morgan fingerprint density at radius 1 is 0.935 bits per heavy atom. The van der Waals surface area contributed by atoms with Gasteiger partial charge < -0.3 is 14.7 Å². The summed E-state index contributed by atoms with van der Waals surface area (Å²) in [6.07, 6.45) is -0.122. The summed E-state index contributed by atoms with van der Waals surface area (Å²) < 4.78 is 38.4. The molecule has 0 spiro atoms. The summed E-state index contributed by atoms with van der Waals surface area (Å²) in [6.45, 7) is 4.86. The van der Waals surface area contributed by atoms with Crippen LogP contribution >= 0.6 is 0 Å². The van der Waals surface area contributed by atoms with Gasteiger partial charge in [0.1, 0.15) is 0 Å². The lowest BCUT2D eigenvalue weighted by Gasteiger charge is -2.31. The van der Waals surface area contributed by atoms with Crippen molar-refractivity contribution in [1.82, 2.24) is 4.90 Å². The third kappa shape index (κ3) is 4.00. The summed E-state index contributed by atoms with van der Waals surface area (Å²) in [5.41, 5.74) is 2.19. The van der Waals surface area contributed by atoms with Gasteiger partial charge in [-0.2, -0.15) is 13.2 Å². The van der Waals surface area contributed by atoms with E-state index in [4.69, 9.17) is 0 Å². The van der Waals surface area contributed by atoms with Gasteiger partial charge in [-0.05, 0) is 49.9 Å². The van der Waals surface area contributed by atoms with Crippen molar-refractivity contribution in [3.05, 3.63) is 35.9 Å². The molecule has 0 N–H and O–H groups in total. The number of halogens is 3. The van der Waals surface area contributed by atoms with Crippen molar-refractivity contribution < 1.29 is 18.0 Å². The lowest BCUT2D eigenvalue weighted by molar-refractivity contribution is -0.132.